The minimum Gasteiger partial charge on any atom is -0.465 e. The molecule has 1 amide bonds. The van der Waals surface area contributed by atoms with Crippen molar-refractivity contribution in [3.8, 4) is 0 Å². The summed E-state index contributed by atoms with van der Waals surface area (Å²) in [5, 5.41) is 10.9. The van der Waals surface area contributed by atoms with E-state index in [1.54, 1.807) is 0 Å². The van der Waals surface area contributed by atoms with E-state index in [0.717, 1.165) is 12.8 Å². The lowest BCUT2D eigenvalue weighted by Crippen LogP contribution is -2.21. The molecule has 0 aromatic rings. The Morgan fingerprint density at radius 3 is 0.824 bits per heavy atom. The van der Waals surface area contributed by atoms with Crippen LogP contribution in [0.1, 0.15) is 187 Å². The number of unbranched alkanes of at least 4 members (excludes halogenated alkanes) is 27. The lowest BCUT2D eigenvalue weighted by atomic mass is 10.0. The Labute approximate surface area is 214 Å². The van der Waals surface area contributed by atoms with Crippen molar-refractivity contribution in [3.63, 3.8) is 0 Å². The van der Waals surface area contributed by atoms with E-state index in [-0.39, 0.29) is 0 Å². The van der Waals surface area contributed by atoms with E-state index in [1.165, 1.54) is 167 Å². The Morgan fingerprint density at radius 1 is 0.412 bits per heavy atom. The highest BCUT2D eigenvalue weighted by Gasteiger charge is 1.97. The minimum absolute atomic E-state index is 0.606. The van der Waals surface area contributed by atoms with Crippen LogP contribution < -0.4 is 5.32 Å². The van der Waals surface area contributed by atoms with Gasteiger partial charge in [-0.3, -0.25) is 0 Å². The van der Waals surface area contributed by atoms with Crippen molar-refractivity contribution in [2.24, 2.45) is 0 Å². The number of carboxylic acid groups (broad SMARTS) is 1. The molecule has 0 rings (SSSR count). The summed E-state index contributed by atoms with van der Waals surface area (Å²) < 4.78 is 0. The molecule has 0 radical (unpaired) electrons. The van der Waals surface area contributed by atoms with Crippen molar-refractivity contribution in [1.82, 2.24) is 5.32 Å². The predicted octanol–water partition coefficient (Wildman–Crippen LogP) is 11.2. The predicted molar refractivity (Wildman–Crippen MR) is 151 cm³/mol. The molecule has 0 saturated heterocycles. The van der Waals surface area contributed by atoms with Gasteiger partial charge in [-0.25, -0.2) is 4.79 Å². The van der Waals surface area contributed by atoms with Gasteiger partial charge in [-0.2, -0.15) is 0 Å². The number of rotatable bonds is 29. The maximum absolute atomic E-state index is 10.3. The molecular formula is C31H63NO2. The molecule has 0 bridgehead atoms. The summed E-state index contributed by atoms with van der Waals surface area (Å²) in [5.74, 6) is 0. The first kappa shape index (κ1) is 33.3. The number of hydrogen-bond acceptors (Lipinski definition) is 1. The van der Waals surface area contributed by atoms with Crippen molar-refractivity contribution in [2.45, 2.75) is 187 Å². The molecule has 204 valence electrons. The fraction of sp³-hybridized carbons (Fsp3) is 0.968. The molecule has 3 heteroatoms. The third kappa shape index (κ3) is 31.3. The van der Waals surface area contributed by atoms with Gasteiger partial charge in [-0.05, 0) is 6.42 Å². The summed E-state index contributed by atoms with van der Waals surface area (Å²) in [5.41, 5.74) is 0. The van der Waals surface area contributed by atoms with E-state index in [1.807, 2.05) is 0 Å². The molecule has 0 aliphatic carbocycles. The summed E-state index contributed by atoms with van der Waals surface area (Å²) in [6.45, 7) is 2.90. The molecule has 2 N–H and O–H groups in total. The van der Waals surface area contributed by atoms with Crippen LogP contribution in [0, 0.1) is 0 Å². The summed E-state index contributed by atoms with van der Waals surface area (Å²) >= 11 is 0. The monoisotopic (exact) mass is 481 g/mol. The number of carbonyl (C=O) groups is 1. The number of nitrogens with one attached hydrogen (secondary N) is 1. The van der Waals surface area contributed by atoms with Crippen LogP contribution in [0.2, 0.25) is 0 Å². The van der Waals surface area contributed by atoms with E-state index in [0.29, 0.717) is 6.54 Å². The van der Waals surface area contributed by atoms with Gasteiger partial charge in [-0.1, -0.05) is 180 Å². The third-order valence-electron chi connectivity index (χ3n) is 7.31. The quantitative estimate of drug-likeness (QED) is 0.104. The van der Waals surface area contributed by atoms with Gasteiger partial charge < -0.3 is 10.4 Å². The summed E-state index contributed by atoms with van der Waals surface area (Å²) in [6, 6.07) is 0. The molecule has 0 saturated carbocycles. The fourth-order valence-electron chi connectivity index (χ4n) is 4.99. The van der Waals surface area contributed by atoms with Crippen molar-refractivity contribution < 1.29 is 9.90 Å². The van der Waals surface area contributed by atoms with E-state index >= 15 is 0 Å². The number of amides is 1. The average Bonchev–Trinajstić information content (AvgIpc) is 2.83. The first-order valence-corrected chi connectivity index (χ1v) is 15.7. The first-order valence-electron chi connectivity index (χ1n) is 15.7. The van der Waals surface area contributed by atoms with Gasteiger partial charge in [0.2, 0.25) is 0 Å². The second kappa shape index (κ2) is 30.3. The first-order chi connectivity index (χ1) is 16.8. The molecule has 0 aliphatic rings. The zero-order valence-electron chi connectivity index (χ0n) is 23.4. The van der Waals surface area contributed by atoms with E-state index in [9.17, 15) is 4.79 Å². The Balaban J connectivity index is 3.01. The van der Waals surface area contributed by atoms with Gasteiger partial charge in [0.15, 0.2) is 0 Å². The smallest absolute Gasteiger partial charge is 0.404 e. The topological polar surface area (TPSA) is 49.3 Å². The molecule has 0 atom stereocenters. The molecule has 0 aromatic carbocycles. The zero-order chi connectivity index (χ0) is 24.8. The molecule has 0 heterocycles. The molecular weight excluding hydrogens is 418 g/mol. The van der Waals surface area contributed by atoms with Gasteiger partial charge >= 0.3 is 6.09 Å². The summed E-state index contributed by atoms with van der Waals surface area (Å²) in [4.78, 5) is 10.3. The highest BCUT2D eigenvalue weighted by atomic mass is 16.4. The second-order valence-electron chi connectivity index (χ2n) is 10.8. The normalized spacial score (nSPS) is 11.2. The molecule has 0 aromatic heterocycles. The van der Waals surface area contributed by atoms with Crippen molar-refractivity contribution in [1.29, 1.82) is 0 Å². The van der Waals surface area contributed by atoms with Crippen LogP contribution in [0.3, 0.4) is 0 Å². The van der Waals surface area contributed by atoms with Crippen molar-refractivity contribution >= 4 is 6.09 Å². The van der Waals surface area contributed by atoms with Gasteiger partial charge in [0.1, 0.15) is 0 Å². The van der Waals surface area contributed by atoms with Crippen LogP contribution in [0.25, 0.3) is 0 Å². The third-order valence-corrected chi connectivity index (χ3v) is 7.31. The SMILES string of the molecule is CCCCCCCCCCCCCCCCCCCCCCCCCCCCCCNC(=O)O. The Hall–Kier alpha value is -0.730. The highest BCUT2D eigenvalue weighted by molar-refractivity contribution is 5.64. The standard InChI is InChI=1S/C31H63NO2/c1-2-3-4-5-6-7-8-9-10-11-12-13-14-15-16-17-18-19-20-21-22-23-24-25-26-27-28-29-30-32-31(33)34/h32H,2-30H2,1H3,(H,33,34). The van der Waals surface area contributed by atoms with Crippen LogP contribution in [-0.2, 0) is 0 Å². The van der Waals surface area contributed by atoms with Gasteiger partial charge in [0.25, 0.3) is 0 Å². The Bertz CT molecular complexity index is 386. The van der Waals surface area contributed by atoms with E-state index in [4.69, 9.17) is 5.11 Å². The van der Waals surface area contributed by atoms with Gasteiger partial charge in [-0.15, -0.1) is 0 Å². The van der Waals surface area contributed by atoms with Crippen molar-refractivity contribution in [2.75, 3.05) is 6.54 Å². The maximum Gasteiger partial charge on any atom is 0.404 e. The maximum atomic E-state index is 10.3. The highest BCUT2D eigenvalue weighted by Crippen LogP contribution is 2.16. The molecule has 0 unspecified atom stereocenters. The largest absolute Gasteiger partial charge is 0.465 e. The molecule has 0 fully saturated rings. The van der Waals surface area contributed by atoms with Crippen molar-refractivity contribution in [3.05, 3.63) is 0 Å². The molecule has 0 aliphatic heterocycles. The summed E-state index contributed by atoms with van der Waals surface area (Å²) in [7, 11) is 0. The van der Waals surface area contributed by atoms with Crippen LogP contribution in [0.4, 0.5) is 4.79 Å². The Morgan fingerprint density at radius 2 is 0.618 bits per heavy atom. The molecule has 34 heavy (non-hydrogen) atoms. The fourth-order valence-corrected chi connectivity index (χ4v) is 4.99. The zero-order valence-corrected chi connectivity index (χ0v) is 23.4. The van der Waals surface area contributed by atoms with Crippen LogP contribution in [0.15, 0.2) is 0 Å². The minimum atomic E-state index is -0.898. The average molecular weight is 482 g/mol. The second-order valence-corrected chi connectivity index (χ2v) is 10.8. The summed E-state index contributed by atoms with van der Waals surface area (Å²) in [6.07, 6.45) is 38.5. The van der Waals surface area contributed by atoms with Gasteiger partial charge in [0.05, 0.1) is 0 Å². The molecule has 3 nitrogen and oxygen atoms in total. The lowest BCUT2D eigenvalue weighted by molar-refractivity contribution is 0.194. The van der Waals surface area contributed by atoms with E-state index in [2.05, 4.69) is 12.2 Å². The lowest BCUT2D eigenvalue weighted by Gasteiger charge is -2.04. The van der Waals surface area contributed by atoms with Crippen LogP contribution in [-0.4, -0.2) is 17.7 Å². The van der Waals surface area contributed by atoms with E-state index < -0.39 is 6.09 Å². The molecule has 0 spiro atoms. The van der Waals surface area contributed by atoms with Crippen LogP contribution >= 0.6 is 0 Å². The Kier molecular flexibility index (Phi) is 29.7. The van der Waals surface area contributed by atoms with Gasteiger partial charge in [0, 0.05) is 6.54 Å². The van der Waals surface area contributed by atoms with Crippen LogP contribution in [0.5, 0.6) is 0 Å². The number of hydrogen-bond donors (Lipinski definition) is 2.